The number of carboxylic acids is 2. The van der Waals surface area contributed by atoms with Gasteiger partial charge in [-0.1, -0.05) is 0 Å². The summed E-state index contributed by atoms with van der Waals surface area (Å²) in [5.74, 6) is -8.00. The number of rotatable bonds is 14. The van der Waals surface area contributed by atoms with Crippen molar-refractivity contribution >= 4 is 54.1 Å². The lowest BCUT2D eigenvalue weighted by Gasteiger charge is -2.24. The van der Waals surface area contributed by atoms with E-state index < -0.39 is 84.5 Å². The molecule has 0 aliphatic rings. The van der Waals surface area contributed by atoms with E-state index in [1.54, 1.807) is 0 Å². The van der Waals surface area contributed by atoms with Crippen LogP contribution in [0.25, 0.3) is 0 Å². The number of hydrogen-bond donors (Lipinski definition) is 9. The largest absolute Gasteiger partial charge is 0.481 e. The van der Waals surface area contributed by atoms with Crippen molar-refractivity contribution in [1.82, 2.24) is 21.3 Å². The molecule has 186 valence electrons. The van der Waals surface area contributed by atoms with Crippen molar-refractivity contribution in [2.24, 2.45) is 11.5 Å². The Hall–Kier alpha value is -3.40. The molecule has 0 aromatic rings. The molecule has 0 saturated carbocycles. The maximum atomic E-state index is 12.6. The van der Waals surface area contributed by atoms with Crippen molar-refractivity contribution in [3.63, 3.8) is 0 Å². The third-order valence-corrected chi connectivity index (χ3v) is 4.38. The summed E-state index contributed by atoms with van der Waals surface area (Å²) >= 11 is 3.89. The molecule has 0 radical (unpaired) electrons. The number of primary amides is 1. The van der Waals surface area contributed by atoms with Crippen LogP contribution in [0.1, 0.15) is 26.7 Å². The molecule has 0 rings (SSSR count). The van der Waals surface area contributed by atoms with Crippen LogP contribution in [-0.2, 0) is 33.6 Å². The minimum atomic E-state index is -1.77. The van der Waals surface area contributed by atoms with Crippen molar-refractivity contribution in [3.8, 4) is 0 Å². The fourth-order valence-corrected chi connectivity index (χ4v) is 2.49. The van der Waals surface area contributed by atoms with Gasteiger partial charge in [0.2, 0.25) is 29.5 Å². The third kappa shape index (κ3) is 11.2. The van der Waals surface area contributed by atoms with Crippen LogP contribution in [0.15, 0.2) is 0 Å². The molecule has 0 spiro atoms. The maximum absolute atomic E-state index is 12.6. The minimum absolute atomic E-state index is 0.338. The molecular weight excluding hydrogens is 464 g/mol. The van der Waals surface area contributed by atoms with Gasteiger partial charge in [-0.2, -0.15) is 12.6 Å². The summed E-state index contributed by atoms with van der Waals surface area (Å²) in [4.78, 5) is 82.0. The van der Waals surface area contributed by atoms with Crippen LogP contribution in [0.3, 0.4) is 0 Å². The zero-order valence-corrected chi connectivity index (χ0v) is 18.8. The second-order valence-corrected chi connectivity index (χ2v) is 7.36. The second-order valence-electron chi connectivity index (χ2n) is 6.99. The lowest BCUT2D eigenvalue weighted by molar-refractivity contribution is -0.147. The number of nitrogens with one attached hydrogen (secondary N) is 4. The van der Waals surface area contributed by atoms with Gasteiger partial charge in [0.1, 0.15) is 24.2 Å². The van der Waals surface area contributed by atoms with Gasteiger partial charge in [-0.3, -0.25) is 28.8 Å². The topological polar surface area (TPSA) is 260 Å². The van der Waals surface area contributed by atoms with Crippen LogP contribution in [0.2, 0.25) is 0 Å². The Bertz CT molecular complexity index is 791. The molecule has 15 nitrogen and oxygen atoms in total. The van der Waals surface area contributed by atoms with Gasteiger partial charge in [0.25, 0.3) is 0 Å². The van der Waals surface area contributed by atoms with Gasteiger partial charge in [-0.05, 0) is 13.8 Å². The maximum Gasteiger partial charge on any atom is 0.326 e. The normalized spacial score (nSPS) is 15.0. The lowest BCUT2D eigenvalue weighted by Crippen LogP contribution is -2.59. The average Bonchev–Trinajstić information content (AvgIpc) is 2.69. The Morgan fingerprint density at radius 1 is 0.758 bits per heavy atom. The quantitative estimate of drug-likeness (QED) is 0.105. The number of nitrogens with two attached hydrogens (primary N) is 2. The first-order chi connectivity index (χ1) is 15.2. The van der Waals surface area contributed by atoms with Gasteiger partial charge in [-0.25, -0.2) is 4.79 Å². The Labute approximate surface area is 193 Å². The molecule has 16 heteroatoms. The van der Waals surface area contributed by atoms with E-state index in [0.717, 1.165) is 0 Å². The molecule has 0 unspecified atom stereocenters. The molecule has 0 bridgehead atoms. The number of carboxylic acid groups (broad SMARTS) is 2. The van der Waals surface area contributed by atoms with E-state index in [0.29, 0.717) is 0 Å². The van der Waals surface area contributed by atoms with Gasteiger partial charge >= 0.3 is 11.9 Å². The van der Waals surface area contributed by atoms with Crippen LogP contribution < -0.4 is 32.7 Å². The average molecular weight is 493 g/mol. The highest BCUT2D eigenvalue weighted by Gasteiger charge is 2.31. The molecule has 0 aromatic heterocycles. The highest BCUT2D eigenvalue weighted by molar-refractivity contribution is 7.80. The monoisotopic (exact) mass is 492 g/mol. The molecule has 0 aliphatic heterocycles. The van der Waals surface area contributed by atoms with Crippen molar-refractivity contribution in [2.45, 2.75) is 56.9 Å². The summed E-state index contributed by atoms with van der Waals surface area (Å²) in [6, 6.07) is -6.81. The predicted octanol–water partition coefficient (Wildman–Crippen LogP) is -4.34. The Morgan fingerprint density at radius 2 is 1.24 bits per heavy atom. The van der Waals surface area contributed by atoms with E-state index >= 15 is 0 Å². The minimum Gasteiger partial charge on any atom is -0.481 e. The Kier molecular flexibility index (Phi) is 12.5. The summed E-state index contributed by atoms with van der Waals surface area (Å²) in [7, 11) is 0. The van der Waals surface area contributed by atoms with E-state index in [4.69, 9.17) is 21.7 Å². The highest BCUT2D eigenvalue weighted by Crippen LogP contribution is 2.00. The number of carbonyl (C=O) groups is 7. The van der Waals surface area contributed by atoms with Gasteiger partial charge in [-0.15, -0.1) is 0 Å². The first kappa shape index (κ1) is 29.6. The van der Waals surface area contributed by atoms with Crippen molar-refractivity contribution < 1.29 is 43.8 Å². The van der Waals surface area contributed by atoms with Gasteiger partial charge in [0, 0.05) is 5.75 Å². The number of amides is 5. The van der Waals surface area contributed by atoms with Crippen LogP contribution in [0.4, 0.5) is 0 Å². The van der Waals surface area contributed by atoms with E-state index in [1.807, 2.05) is 5.32 Å². The molecular formula is C17H28N6O9S. The summed E-state index contributed by atoms with van der Waals surface area (Å²) < 4.78 is 0. The van der Waals surface area contributed by atoms with Crippen molar-refractivity contribution in [3.05, 3.63) is 0 Å². The van der Waals surface area contributed by atoms with Gasteiger partial charge in [0.05, 0.1) is 18.9 Å². The molecule has 0 aliphatic carbocycles. The van der Waals surface area contributed by atoms with E-state index in [2.05, 4.69) is 28.6 Å². The molecule has 0 heterocycles. The Morgan fingerprint density at radius 3 is 1.67 bits per heavy atom. The summed E-state index contributed by atoms with van der Waals surface area (Å²) in [5, 5.41) is 26.4. The molecule has 0 fully saturated rings. The van der Waals surface area contributed by atoms with Crippen LogP contribution in [0, 0.1) is 0 Å². The standard InChI is InChI=1S/C17H28N6O9S/c1-6(18)13(27)20-7(2)14(28)21-8(3-11(19)24)15(29)23-10(5-33)16(30)22-9(17(31)32)4-12(25)26/h6-10,33H,3-5,18H2,1-2H3,(H2,19,24)(H,20,27)(H,21,28)(H,22,30)(H,23,29)(H,25,26)(H,31,32)/t6-,7-,8-,9-,10-/m0/s1. The zero-order valence-electron chi connectivity index (χ0n) is 17.9. The van der Waals surface area contributed by atoms with Crippen molar-refractivity contribution in [1.29, 1.82) is 0 Å². The lowest BCUT2D eigenvalue weighted by atomic mass is 10.1. The number of hydrogen-bond acceptors (Lipinski definition) is 9. The first-order valence-electron chi connectivity index (χ1n) is 9.50. The number of thiol groups is 1. The third-order valence-electron chi connectivity index (χ3n) is 4.01. The van der Waals surface area contributed by atoms with Crippen LogP contribution in [-0.4, -0.2) is 87.6 Å². The summed E-state index contributed by atoms with van der Waals surface area (Å²) in [6.07, 6.45) is -1.58. The van der Waals surface area contributed by atoms with Crippen LogP contribution in [0.5, 0.6) is 0 Å². The fraction of sp³-hybridized carbons (Fsp3) is 0.588. The number of carbonyl (C=O) groups excluding carboxylic acids is 5. The SMILES string of the molecule is C[C@H](N)C(=O)N[C@@H](C)C(=O)N[C@@H](CC(N)=O)C(=O)N[C@@H](CS)C(=O)N[C@@H](CC(=O)O)C(=O)O. The van der Waals surface area contributed by atoms with Gasteiger partial charge < -0.3 is 42.9 Å². The van der Waals surface area contributed by atoms with E-state index in [1.165, 1.54) is 13.8 Å². The first-order valence-corrected chi connectivity index (χ1v) is 10.1. The van der Waals surface area contributed by atoms with Crippen LogP contribution >= 0.6 is 12.6 Å². The second kappa shape index (κ2) is 13.9. The molecule has 5 atom stereocenters. The molecule has 0 saturated heterocycles. The highest BCUT2D eigenvalue weighted by atomic mass is 32.1. The zero-order chi connectivity index (χ0) is 25.9. The molecule has 10 N–H and O–H groups in total. The predicted molar refractivity (Wildman–Crippen MR) is 115 cm³/mol. The van der Waals surface area contributed by atoms with E-state index in [9.17, 15) is 33.6 Å². The van der Waals surface area contributed by atoms with E-state index in [-0.39, 0.29) is 5.75 Å². The molecule has 5 amide bonds. The summed E-state index contributed by atoms with van der Waals surface area (Å²) in [6.45, 7) is 2.69. The number of aliphatic carboxylic acids is 2. The summed E-state index contributed by atoms with van der Waals surface area (Å²) in [5.41, 5.74) is 10.5. The van der Waals surface area contributed by atoms with Gasteiger partial charge in [0.15, 0.2) is 0 Å². The fourth-order valence-electron chi connectivity index (χ4n) is 2.23. The van der Waals surface area contributed by atoms with Crippen molar-refractivity contribution in [2.75, 3.05) is 5.75 Å². The molecule has 0 aromatic carbocycles. The Balaban J connectivity index is 5.33. The smallest absolute Gasteiger partial charge is 0.326 e. The molecule has 33 heavy (non-hydrogen) atoms.